The van der Waals surface area contributed by atoms with Crippen LogP contribution in [0.25, 0.3) is 10.8 Å². The fraction of sp³-hybridized carbons (Fsp3) is 0.125. The second kappa shape index (κ2) is 6.08. The van der Waals surface area contributed by atoms with Gasteiger partial charge in [0.05, 0.1) is 6.10 Å². The van der Waals surface area contributed by atoms with E-state index < -0.39 is 6.10 Å². The van der Waals surface area contributed by atoms with Gasteiger partial charge in [0.25, 0.3) is 0 Å². The predicted molar refractivity (Wildman–Crippen MR) is 84.4 cm³/mol. The first-order chi connectivity index (χ1) is 10.3. The Hall–Kier alpha value is -2.17. The fourth-order valence-corrected chi connectivity index (χ4v) is 2.39. The number of benzene rings is 2. The summed E-state index contributed by atoms with van der Waals surface area (Å²) >= 11 is 6.04. The maximum atomic E-state index is 10.2. The van der Waals surface area contributed by atoms with Crippen molar-refractivity contribution in [3.8, 4) is 0 Å². The average molecular weight is 300 g/mol. The van der Waals surface area contributed by atoms with Crippen LogP contribution < -0.4 is 5.32 Å². The monoisotopic (exact) mass is 299 g/mol. The van der Waals surface area contributed by atoms with Crippen molar-refractivity contribution in [3.63, 3.8) is 0 Å². The van der Waals surface area contributed by atoms with Gasteiger partial charge < -0.3 is 10.4 Å². The molecule has 3 rings (SSSR count). The highest BCUT2D eigenvalue weighted by Gasteiger charge is 2.10. The minimum absolute atomic E-state index is 0.352. The Morgan fingerprint density at radius 2 is 1.62 bits per heavy atom. The molecular formula is C16H14ClN3O. The molecule has 0 aliphatic carbocycles. The molecule has 0 amide bonds. The van der Waals surface area contributed by atoms with E-state index in [9.17, 15) is 5.11 Å². The zero-order chi connectivity index (χ0) is 14.7. The number of anilines is 1. The van der Waals surface area contributed by atoms with Crippen molar-refractivity contribution < 1.29 is 5.11 Å². The molecule has 1 unspecified atom stereocenters. The molecule has 21 heavy (non-hydrogen) atoms. The third kappa shape index (κ3) is 2.96. The first-order valence-corrected chi connectivity index (χ1v) is 7.01. The van der Waals surface area contributed by atoms with Crippen molar-refractivity contribution >= 4 is 28.2 Å². The van der Waals surface area contributed by atoms with Crippen LogP contribution in [0.15, 0.2) is 54.6 Å². The smallest absolute Gasteiger partial charge is 0.159 e. The van der Waals surface area contributed by atoms with Crippen LogP contribution in [0.5, 0.6) is 0 Å². The number of aromatic nitrogens is 2. The number of halogens is 1. The summed E-state index contributed by atoms with van der Waals surface area (Å²) in [6.45, 7) is 0.352. The topological polar surface area (TPSA) is 58.0 Å². The molecule has 0 bridgehead atoms. The van der Waals surface area contributed by atoms with Gasteiger partial charge in [-0.1, -0.05) is 66.2 Å². The standard InChI is InChI=1S/C16H14ClN3O/c17-15-12-8-4-5-9-13(12)16(20-19-15)18-10-14(21)11-6-2-1-3-7-11/h1-9,14,21H,10H2,(H,18,20). The van der Waals surface area contributed by atoms with E-state index in [2.05, 4.69) is 15.5 Å². The summed E-state index contributed by atoms with van der Waals surface area (Å²) in [6, 6.07) is 17.1. The van der Waals surface area contributed by atoms with Crippen LogP contribution in [0, 0.1) is 0 Å². The van der Waals surface area contributed by atoms with E-state index in [0.717, 1.165) is 16.3 Å². The summed E-state index contributed by atoms with van der Waals surface area (Å²) in [4.78, 5) is 0. The molecule has 5 heteroatoms. The quantitative estimate of drug-likeness (QED) is 0.775. The molecule has 1 aromatic heterocycles. The predicted octanol–water partition coefficient (Wildman–Crippen LogP) is 3.43. The zero-order valence-corrected chi connectivity index (χ0v) is 12.0. The lowest BCUT2D eigenvalue weighted by atomic mass is 10.1. The Kier molecular flexibility index (Phi) is 3.99. The Labute approximate surface area is 127 Å². The Balaban J connectivity index is 1.81. The van der Waals surface area contributed by atoms with Crippen molar-refractivity contribution in [2.75, 3.05) is 11.9 Å². The second-order valence-electron chi connectivity index (χ2n) is 4.69. The Bertz CT molecular complexity index is 749. The number of hydrogen-bond donors (Lipinski definition) is 2. The molecule has 0 aliphatic heterocycles. The highest BCUT2D eigenvalue weighted by atomic mass is 35.5. The molecule has 0 radical (unpaired) electrons. The van der Waals surface area contributed by atoms with E-state index in [1.807, 2.05) is 54.6 Å². The van der Waals surface area contributed by atoms with Crippen LogP contribution in [0.1, 0.15) is 11.7 Å². The van der Waals surface area contributed by atoms with E-state index in [-0.39, 0.29) is 0 Å². The number of nitrogens with zero attached hydrogens (tertiary/aromatic N) is 2. The Morgan fingerprint density at radius 3 is 2.38 bits per heavy atom. The van der Waals surface area contributed by atoms with Gasteiger partial charge in [-0.25, -0.2) is 0 Å². The maximum absolute atomic E-state index is 10.2. The minimum Gasteiger partial charge on any atom is -0.387 e. The molecule has 1 heterocycles. The molecule has 2 N–H and O–H groups in total. The van der Waals surface area contributed by atoms with Crippen molar-refractivity contribution in [1.29, 1.82) is 0 Å². The number of hydrogen-bond acceptors (Lipinski definition) is 4. The van der Waals surface area contributed by atoms with Gasteiger partial charge in [0, 0.05) is 17.3 Å². The van der Waals surface area contributed by atoms with Crippen molar-refractivity contribution in [2.45, 2.75) is 6.10 Å². The molecule has 0 spiro atoms. The van der Waals surface area contributed by atoms with Gasteiger partial charge in [-0.3, -0.25) is 0 Å². The van der Waals surface area contributed by atoms with E-state index in [1.54, 1.807) is 0 Å². The molecule has 0 saturated carbocycles. The van der Waals surface area contributed by atoms with Gasteiger partial charge in [0.1, 0.15) is 0 Å². The van der Waals surface area contributed by atoms with Crippen LogP contribution in [-0.2, 0) is 0 Å². The largest absolute Gasteiger partial charge is 0.387 e. The van der Waals surface area contributed by atoms with Gasteiger partial charge in [0.15, 0.2) is 11.0 Å². The minimum atomic E-state index is -0.609. The molecule has 2 aromatic carbocycles. The number of aliphatic hydroxyl groups is 1. The highest BCUT2D eigenvalue weighted by Crippen LogP contribution is 2.26. The molecule has 1 atom stereocenters. The van der Waals surface area contributed by atoms with Crippen LogP contribution in [-0.4, -0.2) is 21.8 Å². The van der Waals surface area contributed by atoms with Crippen LogP contribution in [0.4, 0.5) is 5.82 Å². The van der Waals surface area contributed by atoms with E-state index >= 15 is 0 Å². The third-order valence-corrected chi connectivity index (χ3v) is 3.57. The van der Waals surface area contributed by atoms with E-state index in [0.29, 0.717) is 17.5 Å². The average Bonchev–Trinajstić information content (AvgIpc) is 2.55. The van der Waals surface area contributed by atoms with Gasteiger partial charge in [-0.15, -0.1) is 10.2 Å². The normalized spacial score (nSPS) is 12.3. The molecule has 0 saturated heterocycles. The molecule has 0 aliphatic rings. The summed E-state index contributed by atoms with van der Waals surface area (Å²) in [5.74, 6) is 0.616. The maximum Gasteiger partial charge on any atom is 0.159 e. The van der Waals surface area contributed by atoms with Crippen LogP contribution >= 0.6 is 11.6 Å². The lowest BCUT2D eigenvalue weighted by molar-refractivity contribution is 0.191. The van der Waals surface area contributed by atoms with Gasteiger partial charge in [0.2, 0.25) is 0 Å². The zero-order valence-electron chi connectivity index (χ0n) is 11.2. The third-order valence-electron chi connectivity index (χ3n) is 3.29. The summed E-state index contributed by atoms with van der Waals surface area (Å²) in [5, 5.41) is 23.4. The van der Waals surface area contributed by atoms with E-state index in [1.165, 1.54) is 0 Å². The first kappa shape index (κ1) is 13.8. The number of rotatable bonds is 4. The second-order valence-corrected chi connectivity index (χ2v) is 5.05. The summed E-state index contributed by atoms with van der Waals surface area (Å²) < 4.78 is 0. The number of aliphatic hydroxyl groups excluding tert-OH is 1. The molecule has 0 fully saturated rings. The summed E-state index contributed by atoms with van der Waals surface area (Å²) in [7, 11) is 0. The number of nitrogens with one attached hydrogen (secondary N) is 1. The SMILES string of the molecule is OC(CNc1nnc(Cl)c2ccccc12)c1ccccc1. The van der Waals surface area contributed by atoms with Crippen LogP contribution in [0.3, 0.4) is 0 Å². The first-order valence-electron chi connectivity index (χ1n) is 6.63. The molecule has 106 valence electrons. The van der Waals surface area contributed by atoms with Crippen LogP contribution in [0.2, 0.25) is 5.15 Å². The number of fused-ring (bicyclic) bond motifs is 1. The highest BCUT2D eigenvalue weighted by molar-refractivity contribution is 6.34. The molecule has 4 nitrogen and oxygen atoms in total. The van der Waals surface area contributed by atoms with Gasteiger partial charge in [-0.05, 0) is 5.56 Å². The Morgan fingerprint density at radius 1 is 0.952 bits per heavy atom. The van der Waals surface area contributed by atoms with Gasteiger partial charge in [-0.2, -0.15) is 0 Å². The lowest BCUT2D eigenvalue weighted by Crippen LogP contribution is -2.13. The van der Waals surface area contributed by atoms with Crippen molar-refractivity contribution in [3.05, 3.63) is 65.3 Å². The molecule has 3 aromatic rings. The van der Waals surface area contributed by atoms with Crippen molar-refractivity contribution in [2.24, 2.45) is 0 Å². The van der Waals surface area contributed by atoms with Gasteiger partial charge >= 0.3 is 0 Å². The van der Waals surface area contributed by atoms with Crippen molar-refractivity contribution in [1.82, 2.24) is 10.2 Å². The molecular weight excluding hydrogens is 286 g/mol. The summed E-state index contributed by atoms with van der Waals surface area (Å²) in [5.41, 5.74) is 0.858. The summed E-state index contributed by atoms with van der Waals surface area (Å²) in [6.07, 6.45) is -0.609. The van der Waals surface area contributed by atoms with E-state index in [4.69, 9.17) is 11.6 Å². The fourth-order valence-electron chi connectivity index (χ4n) is 2.19. The lowest BCUT2D eigenvalue weighted by Gasteiger charge is -2.13.